The van der Waals surface area contributed by atoms with Gasteiger partial charge in [-0.3, -0.25) is 0 Å². The van der Waals surface area contributed by atoms with Gasteiger partial charge in [0.15, 0.2) is 0 Å². The number of aryl methyl sites for hydroxylation is 1. The van der Waals surface area contributed by atoms with Gasteiger partial charge in [-0.25, -0.2) is 4.68 Å². The van der Waals surface area contributed by atoms with E-state index in [4.69, 9.17) is 5.73 Å². The summed E-state index contributed by atoms with van der Waals surface area (Å²) in [6.07, 6.45) is 5.73. The first kappa shape index (κ1) is 13.0. The van der Waals surface area contributed by atoms with Gasteiger partial charge >= 0.3 is 0 Å². The molecule has 10 heteroatoms. The molecule has 0 aromatic carbocycles. The van der Waals surface area contributed by atoms with E-state index in [0.717, 1.165) is 5.82 Å². The maximum absolute atomic E-state index is 5.69. The molecule has 3 aromatic heterocycles. The van der Waals surface area contributed by atoms with E-state index in [0.29, 0.717) is 24.9 Å². The van der Waals surface area contributed by atoms with Crippen molar-refractivity contribution in [2.75, 3.05) is 17.6 Å². The lowest BCUT2D eigenvalue weighted by atomic mass is 10.4. The minimum atomic E-state index is 0.136. The Kier molecular flexibility index (Phi) is 3.41. The standard InChI is InChI=1S/C11H14N10/c1-20-7-14-19-8(20)3-5-13-10-16-9(12)17-11(18-10)21-6-2-4-15-21/h2,4,6-7H,3,5H2,1H3,(H3,12,13,16,17,18). The Labute approximate surface area is 120 Å². The van der Waals surface area contributed by atoms with E-state index in [9.17, 15) is 0 Å². The second kappa shape index (κ2) is 5.53. The number of nitrogen functional groups attached to an aromatic ring is 1. The Morgan fingerprint density at radius 1 is 1.29 bits per heavy atom. The van der Waals surface area contributed by atoms with Gasteiger partial charge in [0.25, 0.3) is 5.95 Å². The van der Waals surface area contributed by atoms with E-state index in [1.165, 1.54) is 4.68 Å². The Balaban J connectivity index is 1.69. The molecule has 0 unspecified atom stereocenters. The second-order valence-electron chi connectivity index (χ2n) is 4.30. The molecule has 3 N–H and O–H groups in total. The fourth-order valence-electron chi connectivity index (χ4n) is 1.77. The van der Waals surface area contributed by atoms with Crippen molar-refractivity contribution in [2.45, 2.75) is 6.42 Å². The highest BCUT2D eigenvalue weighted by Gasteiger charge is 2.07. The van der Waals surface area contributed by atoms with Gasteiger partial charge in [0.1, 0.15) is 12.2 Å². The number of hydrogen-bond donors (Lipinski definition) is 2. The summed E-state index contributed by atoms with van der Waals surface area (Å²) >= 11 is 0. The number of nitrogens with one attached hydrogen (secondary N) is 1. The molecule has 0 aliphatic carbocycles. The van der Waals surface area contributed by atoms with Gasteiger partial charge < -0.3 is 15.6 Å². The van der Waals surface area contributed by atoms with Crippen molar-refractivity contribution in [2.24, 2.45) is 7.05 Å². The van der Waals surface area contributed by atoms with Gasteiger partial charge in [-0.15, -0.1) is 10.2 Å². The summed E-state index contributed by atoms with van der Waals surface area (Å²) in [5.74, 6) is 1.78. The molecule has 0 atom stereocenters. The van der Waals surface area contributed by atoms with Gasteiger partial charge in [-0.1, -0.05) is 0 Å². The van der Waals surface area contributed by atoms with E-state index in [1.54, 1.807) is 24.8 Å². The van der Waals surface area contributed by atoms with Crippen molar-refractivity contribution >= 4 is 11.9 Å². The summed E-state index contributed by atoms with van der Waals surface area (Å²) < 4.78 is 3.38. The molecule has 3 rings (SSSR count). The zero-order chi connectivity index (χ0) is 14.7. The minimum absolute atomic E-state index is 0.136. The largest absolute Gasteiger partial charge is 0.368 e. The molecule has 0 saturated carbocycles. The van der Waals surface area contributed by atoms with E-state index in [2.05, 4.69) is 35.6 Å². The molecule has 10 nitrogen and oxygen atoms in total. The van der Waals surface area contributed by atoms with E-state index in [-0.39, 0.29) is 5.95 Å². The third-order valence-electron chi connectivity index (χ3n) is 2.79. The fourth-order valence-corrected chi connectivity index (χ4v) is 1.77. The van der Waals surface area contributed by atoms with Crippen LogP contribution in [0.4, 0.5) is 11.9 Å². The fraction of sp³-hybridized carbons (Fsp3) is 0.273. The lowest BCUT2D eigenvalue weighted by Gasteiger charge is -2.06. The third kappa shape index (κ3) is 2.94. The van der Waals surface area contributed by atoms with Crippen LogP contribution in [0, 0.1) is 0 Å². The number of nitrogens with two attached hydrogens (primary N) is 1. The first-order valence-electron chi connectivity index (χ1n) is 6.30. The highest BCUT2D eigenvalue weighted by Crippen LogP contribution is 2.06. The number of anilines is 2. The molecular formula is C11H14N10. The Bertz CT molecular complexity index is 716. The van der Waals surface area contributed by atoms with Crippen LogP contribution in [0.25, 0.3) is 5.95 Å². The minimum Gasteiger partial charge on any atom is -0.368 e. The summed E-state index contributed by atoms with van der Waals surface area (Å²) in [5, 5.41) is 15.0. The van der Waals surface area contributed by atoms with Crippen molar-refractivity contribution in [3.63, 3.8) is 0 Å². The highest BCUT2D eigenvalue weighted by molar-refractivity contribution is 5.34. The molecule has 108 valence electrons. The first-order chi connectivity index (χ1) is 10.2. The summed E-state index contributed by atoms with van der Waals surface area (Å²) in [6.45, 7) is 0.606. The SMILES string of the molecule is Cn1cnnc1CCNc1nc(N)nc(-n2cccn2)n1. The van der Waals surface area contributed by atoms with E-state index in [1.807, 2.05) is 11.6 Å². The number of hydrogen-bond acceptors (Lipinski definition) is 8. The van der Waals surface area contributed by atoms with Crippen LogP contribution in [0.5, 0.6) is 0 Å². The molecule has 0 radical (unpaired) electrons. The quantitative estimate of drug-likeness (QED) is 0.638. The smallest absolute Gasteiger partial charge is 0.257 e. The molecule has 21 heavy (non-hydrogen) atoms. The zero-order valence-electron chi connectivity index (χ0n) is 11.4. The van der Waals surface area contributed by atoms with Gasteiger partial charge in [-0.2, -0.15) is 20.1 Å². The molecular weight excluding hydrogens is 272 g/mol. The summed E-state index contributed by atoms with van der Waals surface area (Å²) in [4.78, 5) is 12.3. The van der Waals surface area contributed by atoms with Crippen LogP contribution in [-0.2, 0) is 13.5 Å². The molecule has 0 saturated heterocycles. The maximum Gasteiger partial charge on any atom is 0.257 e. The molecule has 3 aromatic rings. The molecule has 0 bridgehead atoms. The lowest BCUT2D eigenvalue weighted by Crippen LogP contribution is -2.14. The molecule has 0 fully saturated rings. The third-order valence-corrected chi connectivity index (χ3v) is 2.79. The van der Waals surface area contributed by atoms with Gasteiger partial charge in [-0.05, 0) is 6.07 Å². The van der Waals surface area contributed by atoms with Gasteiger partial charge in [0, 0.05) is 32.4 Å². The monoisotopic (exact) mass is 286 g/mol. The average Bonchev–Trinajstić information content (AvgIpc) is 3.10. The maximum atomic E-state index is 5.69. The van der Waals surface area contributed by atoms with E-state index < -0.39 is 0 Å². The molecule has 0 aliphatic heterocycles. The van der Waals surface area contributed by atoms with Crippen LogP contribution in [0.1, 0.15) is 5.82 Å². The molecule has 0 aliphatic rings. The van der Waals surface area contributed by atoms with Crippen LogP contribution in [0.2, 0.25) is 0 Å². The predicted molar refractivity (Wildman–Crippen MR) is 74.6 cm³/mol. The number of aromatic nitrogens is 8. The van der Waals surface area contributed by atoms with Crippen LogP contribution in [0.15, 0.2) is 24.8 Å². The predicted octanol–water partition coefficient (Wildman–Crippen LogP) is -0.577. The van der Waals surface area contributed by atoms with Gasteiger partial charge in [0.05, 0.1) is 0 Å². The molecule has 0 amide bonds. The van der Waals surface area contributed by atoms with Crippen LogP contribution >= 0.6 is 0 Å². The van der Waals surface area contributed by atoms with E-state index >= 15 is 0 Å². The average molecular weight is 286 g/mol. The Morgan fingerprint density at radius 2 is 2.19 bits per heavy atom. The summed E-state index contributed by atoms with van der Waals surface area (Å²) in [7, 11) is 1.89. The van der Waals surface area contributed by atoms with Crippen LogP contribution in [-0.4, -0.2) is 46.0 Å². The van der Waals surface area contributed by atoms with Gasteiger partial charge in [0.2, 0.25) is 11.9 Å². The van der Waals surface area contributed by atoms with Crippen LogP contribution in [0.3, 0.4) is 0 Å². The highest BCUT2D eigenvalue weighted by atomic mass is 15.4. The second-order valence-corrected chi connectivity index (χ2v) is 4.30. The topological polar surface area (TPSA) is 125 Å². The van der Waals surface area contributed by atoms with Crippen molar-refractivity contribution in [1.82, 2.24) is 39.5 Å². The Morgan fingerprint density at radius 3 is 2.90 bits per heavy atom. The normalized spacial score (nSPS) is 10.7. The molecule has 3 heterocycles. The van der Waals surface area contributed by atoms with Crippen molar-refractivity contribution in [1.29, 1.82) is 0 Å². The summed E-state index contributed by atoms with van der Waals surface area (Å²) in [5.41, 5.74) is 5.69. The van der Waals surface area contributed by atoms with Crippen molar-refractivity contribution < 1.29 is 0 Å². The zero-order valence-corrected chi connectivity index (χ0v) is 11.4. The summed E-state index contributed by atoms with van der Waals surface area (Å²) in [6, 6.07) is 1.78. The molecule has 0 spiro atoms. The Hall–Kier alpha value is -3.04. The number of rotatable bonds is 5. The van der Waals surface area contributed by atoms with Crippen molar-refractivity contribution in [3.8, 4) is 5.95 Å². The first-order valence-corrected chi connectivity index (χ1v) is 6.30. The van der Waals surface area contributed by atoms with Crippen LogP contribution < -0.4 is 11.1 Å². The number of nitrogens with zero attached hydrogens (tertiary/aromatic N) is 8. The van der Waals surface area contributed by atoms with Crippen molar-refractivity contribution in [3.05, 3.63) is 30.6 Å². The lowest BCUT2D eigenvalue weighted by molar-refractivity contribution is 0.777.